The summed E-state index contributed by atoms with van der Waals surface area (Å²) in [7, 11) is 1.60. The van der Waals surface area contributed by atoms with Crippen molar-refractivity contribution in [2.45, 2.75) is 38.8 Å². The molecule has 1 aromatic heterocycles. The molecule has 0 spiro atoms. The zero-order valence-electron chi connectivity index (χ0n) is 23.2. The van der Waals surface area contributed by atoms with E-state index in [9.17, 15) is 9.59 Å². The average Bonchev–Trinajstić information content (AvgIpc) is 3.45. The van der Waals surface area contributed by atoms with Crippen molar-refractivity contribution >= 4 is 29.0 Å². The number of thiazole rings is 1. The monoisotopic (exact) mass is 556 g/mol. The van der Waals surface area contributed by atoms with Gasteiger partial charge in [0.25, 0.3) is 5.91 Å². The predicted molar refractivity (Wildman–Crippen MR) is 161 cm³/mol. The highest BCUT2D eigenvalue weighted by atomic mass is 32.1. The third-order valence-electron chi connectivity index (χ3n) is 6.58. The second-order valence-corrected chi connectivity index (χ2v) is 10.8. The van der Waals surface area contributed by atoms with Crippen molar-refractivity contribution in [3.63, 3.8) is 0 Å². The molecule has 208 valence electrons. The van der Waals surface area contributed by atoms with Crippen molar-refractivity contribution in [3.05, 3.63) is 118 Å². The number of hydrogen-bond donors (Lipinski definition) is 2. The molecule has 4 aromatic rings. The Morgan fingerprint density at radius 2 is 1.60 bits per heavy atom. The van der Waals surface area contributed by atoms with E-state index in [1.165, 1.54) is 16.9 Å². The molecule has 4 rings (SSSR count). The maximum absolute atomic E-state index is 13.3. The van der Waals surface area contributed by atoms with Gasteiger partial charge in [-0.25, -0.2) is 9.78 Å². The van der Waals surface area contributed by atoms with Gasteiger partial charge in [0.05, 0.1) is 19.2 Å². The Kier molecular flexibility index (Phi) is 10.4. The molecule has 40 heavy (non-hydrogen) atoms. The van der Waals surface area contributed by atoms with Gasteiger partial charge in [-0.05, 0) is 41.2 Å². The fraction of sp³-hybridized carbons (Fsp3) is 0.281. The van der Waals surface area contributed by atoms with Crippen molar-refractivity contribution in [1.29, 1.82) is 0 Å². The first-order valence-electron chi connectivity index (χ1n) is 13.4. The molecule has 0 radical (unpaired) electrons. The SMILES string of the molecule is COCCN(Cc1nc(C(=O)NC(Cc2ccccc2)c2ccccc2)cs1)C(=O)Nc1ccc(C(C)C)cc1. The lowest BCUT2D eigenvalue weighted by molar-refractivity contribution is 0.0932. The van der Waals surface area contributed by atoms with E-state index < -0.39 is 0 Å². The first kappa shape index (κ1) is 29.0. The van der Waals surface area contributed by atoms with Crippen molar-refractivity contribution in [1.82, 2.24) is 15.2 Å². The Bertz CT molecular complexity index is 1360. The minimum atomic E-state index is -0.248. The molecule has 3 aromatic carbocycles. The number of amides is 3. The van der Waals surface area contributed by atoms with Crippen LogP contribution >= 0.6 is 11.3 Å². The van der Waals surface area contributed by atoms with E-state index in [0.717, 1.165) is 16.8 Å². The molecular weight excluding hydrogens is 520 g/mol. The van der Waals surface area contributed by atoms with Gasteiger partial charge in [0.15, 0.2) is 0 Å². The molecule has 0 saturated heterocycles. The van der Waals surface area contributed by atoms with Crippen LogP contribution in [0.4, 0.5) is 10.5 Å². The van der Waals surface area contributed by atoms with Crippen molar-refractivity contribution in [2.75, 3.05) is 25.6 Å². The van der Waals surface area contributed by atoms with Crippen molar-refractivity contribution in [2.24, 2.45) is 0 Å². The summed E-state index contributed by atoms with van der Waals surface area (Å²) in [6, 6.07) is 27.4. The number of nitrogens with zero attached hydrogens (tertiary/aromatic N) is 2. The molecule has 1 atom stereocenters. The maximum Gasteiger partial charge on any atom is 0.322 e. The van der Waals surface area contributed by atoms with Gasteiger partial charge < -0.3 is 20.3 Å². The zero-order valence-corrected chi connectivity index (χ0v) is 24.0. The number of rotatable bonds is 12. The first-order chi connectivity index (χ1) is 19.4. The molecule has 1 unspecified atom stereocenters. The first-order valence-corrected chi connectivity index (χ1v) is 14.3. The number of hydrogen-bond acceptors (Lipinski definition) is 5. The van der Waals surface area contributed by atoms with Crippen LogP contribution in [0.3, 0.4) is 0 Å². The highest BCUT2D eigenvalue weighted by molar-refractivity contribution is 7.09. The minimum absolute atomic E-state index is 0.202. The van der Waals surface area contributed by atoms with E-state index in [4.69, 9.17) is 4.74 Å². The molecular formula is C32H36N4O3S. The summed E-state index contributed by atoms with van der Waals surface area (Å²) in [6.07, 6.45) is 0.663. The third kappa shape index (κ3) is 8.24. The number of ether oxygens (including phenoxy) is 1. The van der Waals surface area contributed by atoms with Crippen LogP contribution in [0.1, 0.15) is 58.0 Å². The quantitative estimate of drug-likeness (QED) is 0.204. The van der Waals surface area contributed by atoms with E-state index in [1.807, 2.05) is 72.8 Å². The molecule has 7 nitrogen and oxygen atoms in total. The van der Waals surface area contributed by atoms with Crippen molar-refractivity contribution < 1.29 is 14.3 Å². The van der Waals surface area contributed by atoms with Crippen LogP contribution in [-0.4, -0.2) is 42.1 Å². The highest BCUT2D eigenvalue weighted by Gasteiger charge is 2.21. The van der Waals surface area contributed by atoms with Crippen LogP contribution in [-0.2, 0) is 17.7 Å². The molecule has 1 heterocycles. The number of urea groups is 1. The number of methoxy groups -OCH3 is 1. The summed E-state index contributed by atoms with van der Waals surface area (Å²) in [5, 5.41) is 8.54. The van der Waals surface area contributed by atoms with E-state index >= 15 is 0 Å². The number of aromatic nitrogens is 1. The normalized spacial score (nSPS) is 11.7. The predicted octanol–water partition coefficient (Wildman–Crippen LogP) is 6.66. The van der Waals surface area contributed by atoms with Crippen LogP contribution in [0.15, 0.2) is 90.3 Å². The summed E-state index contributed by atoms with van der Waals surface area (Å²) in [4.78, 5) is 32.6. The number of carbonyl (C=O) groups excluding carboxylic acids is 2. The Labute approximate surface area is 240 Å². The highest BCUT2D eigenvalue weighted by Crippen LogP contribution is 2.21. The van der Waals surface area contributed by atoms with Crippen LogP contribution in [0, 0.1) is 0 Å². The van der Waals surface area contributed by atoms with Crippen LogP contribution < -0.4 is 10.6 Å². The van der Waals surface area contributed by atoms with Crippen LogP contribution in [0.2, 0.25) is 0 Å². The van der Waals surface area contributed by atoms with E-state index in [-0.39, 0.29) is 24.5 Å². The molecule has 8 heteroatoms. The largest absolute Gasteiger partial charge is 0.383 e. The second-order valence-electron chi connectivity index (χ2n) is 9.87. The summed E-state index contributed by atoms with van der Waals surface area (Å²) in [5.41, 5.74) is 4.43. The molecule has 0 aliphatic carbocycles. The van der Waals surface area contributed by atoms with E-state index in [1.54, 1.807) is 17.4 Å². The Morgan fingerprint density at radius 3 is 2.25 bits per heavy atom. The summed E-state index contributed by atoms with van der Waals surface area (Å²) in [5.74, 6) is 0.172. The van der Waals surface area contributed by atoms with Crippen LogP contribution in [0.5, 0.6) is 0 Å². The third-order valence-corrected chi connectivity index (χ3v) is 7.42. The fourth-order valence-corrected chi connectivity index (χ4v) is 5.07. The summed E-state index contributed by atoms with van der Waals surface area (Å²) < 4.78 is 5.23. The lowest BCUT2D eigenvalue weighted by Gasteiger charge is -2.22. The maximum atomic E-state index is 13.3. The second kappa shape index (κ2) is 14.4. The van der Waals surface area contributed by atoms with Crippen molar-refractivity contribution in [3.8, 4) is 0 Å². The van der Waals surface area contributed by atoms with Gasteiger partial charge in [-0.2, -0.15) is 0 Å². The molecule has 2 N–H and O–H groups in total. The zero-order chi connectivity index (χ0) is 28.3. The minimum Gasteiger partial charge on any atom is -0.383 e. The fourth-order valence-electron chi connectivity index (χ4n) is 4.28. The Balaban J connectivity index is 1.43. The molecule has 0 aliphatic heterocycles. The standard InChI is InChI=1S/C32H36N4O3S/c1-23(2)25-14-16-27(17-15-25)33-32(38)36(18-19-39-3)21-30-34-29(22-40-30)31(37)35-28(26-12-8-5-9-13-26)20-24-10-6-4-7-11-24/h4-17,22-23,28H,18-21H2,1-3H3,(H,33,38)(H,35,37). The summed E-state index contributed by atoms with van der Waals surface area (Å²) in [6.45, 7) is 5.31. The Morgan fingerprint density at radius 1 is 0.925 bits per heavy atom. The van der Waals surface area contributed by atoms with E-state index in [0.29, 0.717) is 36.2 Å². The number of nitrogens with one attached hydrogen (secondary N) is 2. The number of anilines is 1. The number of benzene rings is 3. The lowest BCUT2D eigenvalue weighted by atomic mass is 9.99. The topological polar surface area (TPSA) is 83.6 Å². The van der Waals surface area contributed by atoms with Gasteiger partial charge in [0, 0.05) is 24.7 Å². The molecule has 0 bridgehead atoms. The average molecular weight is 557 g/mol. The molecule has 0 saturated carbocycles. The van der Waals surface area contributed by atoms with Gasteiger partial charge in [-0.1, -0.05) is 86.6 Å². The summed E-state index contributed by atoms with van der Waals surface area (Å²) >= 11 is 1.36. The van der Waals surface area contributed by atoms with Gasteiger partial charge in [-0.3, -0.25) is 4.79 Å². The smallest absolute Gasteiger partial charge is 0.322 e. The van der Waals surface area contributed by atoms with Gasteiger partial charge in [0.2, 0.25) is 0 Å². The van der Waals surface area contributed by atoms with Gasteiger partial charge in [0.1, 0.15) is 10.7 Å². The van der Waals surface area contributed by atoms with Gasteiger partial charge in [-0.15, -0.1) is 11.3 Å². The van der Waals surface area contributed by atoms with Crippen LogP contribution in [0.25, 0.3) is 0 Å². The lowest BCUT2D eigenvalue weighted by Crippen LogP contribution is -2.37. The molecule has 0 fully saturated rings. The molecule has 0 aliphatic rings. The molecule has 3 amide bonds. The Hall–Kier alpha value is -4.01. The number of carbonyl (C=O) groups is 2. The van der Waals surface area contributed by atoms with E-state index in [2.05, 4.69) is 41.6 Å². The van der Waals surface area contributed by atoms with Gasteiger partial charge >= 0.3 is 6.03 Å².